The maximum atomic E-state index is 11.5. The van der Waals surface area contributed by atoms with Crippen molar-refractivity contribution in [2.75, 3.05) is 17.3 Å². The predicted molar refractivity (Wildman–Crippen MR) is 146 cm³/mol. The van der Waals surface area contributed by atoms with E-state index in [1.807, 2.05) is 54.6 Å². The number of anilines is 2. The summed E-state index contributed by atoms with van der Waals surface area (Å²) in [5, 5.41) is 6.95. The van der Waals surface area contributed by atoms with E-state index in [1.165, 1.54) is 6.92 Å². The van der Waals surface area contributed by atoms with E-state index >= 15 is 0 Å². The Morgan fingerprint density at radius 1 is 1.00 bits per heavy atom. The summed E-state index contributed by atoms with van der Waals surface area (Å²) in [6, 6.07) is 25.6. The molecule has 2 N–H and O–H groups in total. The number of amides is 1. The number of pyridine rings is 1. The minimum atomic E-state index is -0.171. The van der Waals surface area contributed by atoms with Crippen LogP contribution in [-0.4, -0.2) is 27.7 Å². The number of carbonyl (C=O) groups excluding carboxylic acids is 1. The zero-order valence-electron chi connectivity index (χ0n) is 20.3. The molecule has 0 unspecified atom stereocenters. The van der Waals surface area contributed by atoms with E-state index in [4.69, 9.17) is 17.0 Å². The van der Waals surface area contributed by atoms with Gasteiger partial charge in [-0.05, 0) is 91.9 Å². The minimum Gasteiger partial charge on any atom is -0.497 e. The van der Waals surface area contributed by atoms with E-state index in [0.29, 0.717) is 5.11 Å². The zero-order chi connectivity index (χ0) is 25.2. The van der Waals surface area contributed by atoms with Crippen molar-refractivity contribution in [3.05, 3.63) is 102 Å². The molecular weight excluding hydrogens is 470 g/mol. The van der Waals surface area contributed by atoms with Crippen molar-refractivity contribution in [3.63, 3.8) is 0 Å². The summed E-state index contributed by atoms with van der Waals surface area (Å²) >= 11 is 5.87. The number of thiocarbonyl (C=S) groups is 1. The van der Waals surface area contributed by atoms with E-state index in [9.17, 15) is 4.79 Å². The molecule has 0 aliphatic carbocycles. The van der Waals surface area contributed by atoms with E-state index in [-0.39, 0.29) is 18.0 Å². The largest absolute Gasteiger partial charge is 0.497 e. The summed E-state index contributed by atoms with van der Waals surface area (Å²) in [5.74, 6) is 0.697. The number of nitrogens with zero attached hydrogens (tertiary/aromatic N) is 3. The van der Waals surface area contributed by atoms with Gasteiger partial charge in [-0.3, -0.25) is 9.78 Å². The number of rotatable bonds is 6. The fourth-order valence-electron chi connectivity index (χ4n) is 4.72. The molecule has 7 nitrogen and oxygen atoms in total. The highest BCUT2D eigenvalue weighted by molar-refractivity contribution is 7.80. The number of ether oxygens (including phenoxy) is 1. The third-order valence-electron chi connectivity index (χ3n) is 6.30. The Morgan fingerprint density at radius 2 is 1.72 bits per heavy atom. The van der Waals surface area contributed by atoms with Gasteiger partial charge in [-0.25, -0.2) is 0 Å². The number of aromatic nitrogens is 2. The lowest BCUT2D eigenvalue weighted by Gasteiger charge is -2.29. The van der Waals surface area contributed by atoms with Crippen LogP contribution in [0.2, 0.25) is 0 Å². The third-order valence-corrected chi connectivity index (χ3v) is 6.62. The quantitative estimate of drug-likeness (QED) is 0.351. The number of hydrogen-bond acceptors (Lipinski definition) is 4. The van der Waals surface area contributed by atoms with Gasteiger partial charge in [0.25, 0.3) is 0 Å². The molecule has 1 fully saturated rings. The van der Waals surface area contributed by atoms with E-state index in [2.05, 4.69) is 56.3 Å². The van der Waals surface area contributed by atoms with Crippen molar-refractivity contribution in [3.8, 4) is 11.4 Å². The first-order valence-electron chi connectivity index (χ1n) is 11.7. The van der Waals surface area contributed by atoms with Gasteiger partial charge in [-0.15, -0.1) is 0 Å². The fourth-order valence-corrected chi connectivity index (χ4v) is 5.06. The first-order valence-corrected chi connectivity index (χ1v) is 12.1. The number of aryl methyl sites for hydroxylation is 1. The van der Waals surface area contributed by atoms with Crippen LogP contribution >= 0.6 is 12.2 Å². The van der Waals surface area contributed by atoms with Gasteiger partial charge in [-0.2, -0.15) is 0 Å². The van der Waals surface area contributed by atoms with Crippen LogP contribution in [0, 0.1) is 6.92 Å². The average Bonchev–Trinajstić information content (AvgIpc) is 3.44. The molecule has 2 atom stereocenters. The minimum absolute atomic E-state index is 0.109. The SMILES string of the molecule is COc1ccc(-n2c(C)ccc2[C@@H]2[C@@H](c3ccccn3)NC(=S)N2c2ccc(NC(C)=O)cc2)cc1. The molecule has 0 saturated carbocycles. The second-order valence-electron chi connectivity index (χ2n) is 8.66. The Bertz CT molecular complexity index is 1380. The lowest BCUT2D eigenvalue weighted by molar-refractivity contribution is -0.114. The Kier molecular flexibility index (Phi) is 6.43. The van der Waals surface area contributed by atoms with Crippen molar-refractivity contribution in [1.82, 2.24) is 14.9 Å². The molecule has 4 aromatic rings. The summed E-state index contributed by atoms with van der Waals surface area (Å²) in [5.41, 5.74) is 5.78. The van der Waals surface area contributed by atoms with E-state index in [1.54, 1.807) is 13.3 Å². The van der Waals surface area contributed by atoms with Crippen LogP contribution in [0.4, 0.5) is 11.4 Å². The lowest BCUT2D eigenvalue weighted by Crippen LogP contribution is -2.30. The maximum absolute atomic E-state index is 11.5. The molecule has 8 heteroatoms. The Labute approximate surface area is 215 Å². The van der Waals surface area contributed by atoms with Gasteiger partial charge in [0.1, 0.15) is 11.8 Å². The summed E-state index contributed by atoms with van der Waals surface area (Å²) in [4.78, 5) is 18.3. The highest BCUT2D eigenvalue weighted by Gasteiger charge is 2.42. The summed E-state index contributed by atoms with van der Waals surface area (Å²) in [7, 11) is 1.67. The number of hydrogen-bond donors (Lipinski definition) is 2. The molecule has 36 heavy (non-hydrogen) atoms. The zero-order valence-corrected chi connectivity index (χ0v) is 21.1. The van der Waals surface area contributed by atoms with Crippen molar-refractivity contribution >= 4 is 34.6 Å². The normalized spacial score (nSPS) is 17.1. The predicted octanol–water partition coefficient (Wildman–Crippen LogP) is 5.32. The van der Waals surface area contributed by atoms with Crippen LogP contribution < -0.4 is 20.3 Å². The molecule has 1 aliphatic rings. The first-order chi connectivity index (χ1) is 17.5. The van der Waals surface area contributed by atoms with Crippen molar-refractivity contribution in [1.29, 1.82) is 0 Å². The van der Waals surface area contributed by atoms with Gasteiger partial charge in [0, 0.05) is 41.6 Å². The Balaban J connectivity index is 1.63. The summed E-state index contributed by atoms with van der Waals surface area (Å²) in [6.45, 7) is 3.59. The van der Waals surface area contributed by atoms with Crippen LogP contribution in [0.5, 0.6) is 5.75 Å². The monoisotopic (exact) mass is 497 g/mol. The van der Waals surface area contributed by atoms with Gasteiger partial charge in [0.05, 0.1) is 18.8 Å². The standard InChI is InChI=1S/C28H27N5O2S/c1-18-7-16-25(32(18)21-12-14-23(35-3)15-13-21)27-26(24-6-4-5-17-29-24)31-28(36)33(27)22-10-8-20(9-11-22)30-19(2)34/h4-17,26-27H,1-3H3,(H,30,34)(H,31,36)/t26-,27-/m1/s1. The molecule has 5 rings (SSSR count). The van der Waals surface area contributed by atoms with Gasteiger partial charge in [0.15, 0.2) is 5.11 Å². The van der Waals surface area contributed by atoms with Crippen molar-refractivity contribution in [2.24, 2.45) is 0 Å². The van der Waals surface area contributed by atoms with E-state index < -0.39 is 0 Å². The van der Waals surface area contributed by atoms with Gasteiger partial charge in [-0.1, -0.05) is 6.07 Å². The van der Waals surface area contributed by atoms with Crippen LogP contribution in [0.25, 0.3) is 5.69 Å². The molecule has 2 aromatic carbocycles. The second kappa shape index (κ2) is 9.83. The van der Waals surface area contributed by atoms with E-state index in [0.717, 1.165) is 39.9 Å². The number of benzene rings is 2. The van der Waals surface area contributed by atoms with Gasteiger partial charge < -0.3 is 24.8 Å². The van der Waals surface area contributed by atoms with Crippen LogP contribution in [0.15, 0.2) is 85.1 Å². The molecule has 3 heterocycles. The molecule has 182 valence electrons. The lowest BCUT2D eigenvalue weighted by atomic mass is 10.0. The maximum Gasteiger partial charge on any atom is 0.221 e. The molecule has 1 saturated heterocycles. The summed E-state index contributed by atoms with van der Waals surface area (Å²) < 4.78 is 7.61. The molecule has 0 bridgehead atoms. The smallest absolute Gasteiger partial charge is 0.221 e. The van der Waals surface area contributed by atoms with Gasteiger partial charge >= 0.3 is 0 Å². The van der Waals surface area contributed by atoms with Crippen LogP contribution in [0.3, 0.4) is 0 Å². The van der Waals surface area contributed by atoms with Crippen LogP contribution in [-0.2, 0) is 4.79 Å². The average molecular weight is 498 g/mol. The topological polar surface area (TPSA) is 71.4 Å². The highest BCUT2D eigenvalue weighted by atomic mass is 32.1. The molecule has 0 spiro atoms. The molecular formula is C28H27N5O2S. The third kappa shape index (κ3) is 4.43. The molecule has 1 amide bonds. The summed E-state index contributed by atoms with van der Waals surface area (Å²) in [6.07, 6.45) is 1.80. The Morgan fingerprint density at radius 3 is 2.36 bits per heavy atom. The second-order valence-corrected chi connectivity index (χ2v) is 9.04. The number of nitrogens with one attached hydrogen (secondary N) is 2. The molecule has 0 radical (unpaired) electrons. The molecule has 1 aliphatic heterocycles. The first kappa shape index (κ1) is 23.6. The van der Waals surface area contributed by atoms with Gasteiger partial charge in [0.2, 0.25) is 5.91 Å². The van der Waals surface area contributed by atoms with Crippen molar-refractivity contribution in [2.45, 2.75) is 25.9 Å². The number of methoxy groups -OCH3 is 1. The molecule has 2 aromatic heterocycles. The fraction of sp³-hybridized carbons (Fsp3) is 0.179. The highest BCUT2D eigenvalue weighted by Crippen LogP contribution is 2.43. The number of carbonyl (C=O) groups is 1. The Hall–Kier alpha value is -4.17. The van der Waals surface area contributed by atoms with Crippen molar-refractivity contribution < 1.29 is 9.53 Å². The van der Waals surface area contributed by atoms with Crippen LogP contribution in [0.1, 0.15) is 36.1 Å².